The molecule has 0 aliphatic carbocycles. The largest absolute Gasteiger partial charge is 0.338 e. The van der Waals surface area contributed by atoms with Gasteiger partial charge >= 0.3 is 6.03 Å². The van der Waals surface area contributed by atoms with Crippen LogP contribution in [-0.2, 0) is 6.42 Å². The fraction of sp³-hybridized carbons (Fsp3) is 0.316. The van der Waals surface area contributed by atoms with Gasteiger partial charge < -0.3 is 10.6 Å². The van der Waals surface area contributed by atoms with E-state index in [1.165, 1.54) is 16.7 Å². The van der Waals surface area contributed by atoms with Gasteiger partial charge in [-0.25, -0.2) is 9.18 Å². The van der Waals surface area contributed by atoms with E-state index in [-0.39, 0.29) is 18.5 Å². The van der Waals surface area contributed by atoms with Crippen LogP contribution in [0.15, 0.2) is 54.6 Å². The maximum Gasteiger partial charge on any atom is 0.314 e. The summed E-state index contributed by atoms with van der Waals surface area (Å²) in [7, 11) is 0. The Morgan fingerprint density at radius 2 is 1.74 bits per heavy atom. The number of urea groups is 1. The molecule has 0 aromatic heterocycles. The number of aryl methyl sites for hydroxylation is 1. The molecule has 4 heteroatoms. The summed E-state index contributed by atoms with van der Waals surface area (Å²) in [6, 6.07) is 18.2. The molecule has 2 rings (SSSR count). The molecule has 0 bridgehead atoms. The summed E-state index contributed by atoms with van der Waals surface area (Å²) in [4.78, 5) is 11.7. The third-order valence-corrected chi connectivity index (χ3v) is 3.76. The number of amides is 2. The molecule has 2 N–H and O–H groups in total. The molecule has 0 heterocycles. The fourth-order valence-electron chi connectivity index (χ4n) is 2.48. The highest BCUT2D eigenvalue weighted by atomic mass is 19.1. The Morgan fingerprint density at radius 1 is 1.04 bits per heavy atom. The zero-order valence-electron chi connectivity index (χ0n) is 13.4. The highest BCUT2D eigenvalue weighted by molar-refractivity contribution is 5.73. The fourth-order valence-corrected chi connectivity index (χ4v) is 2.48. The van der Waals surface area contributed by atoms with Crippen LogP contribution in [0.2, 0.25) is 0 Å². The predicted octanol–water partition coefficient (Wildman–Crippen LogP) is 3.59. The summed E-state index contributed by atoms with van der Waals surface area (Å²) >= 11 is 0. The summed E-state index contributed by atoms with van der Waals surface area (Å²) in [5.74, 6) is 0.175. The number of hydrogen-bond acceptors (Lipinski definition) is 1. The van der Waals surface area contributed by atoms with Gasteiger partial charge in [0.25, 0.3) is 0 Å². The average Bonchev–Trinajstić information content (AvgIpc) is 2.58. The first kappa shape index (κ1) is 17.0. The zero-order valence-corrected chi connectivity index (χ0v) is 13.4. The molecular formula is C19H23FN2O. The van der Waals surface area contributed by atoms with E-state index < -0.39 is 6.67 Å². The Morgan fingerprint density at radius 3 is 2.39 bits per heavy atom. The van der Waals surface area contributed by atoms with Crippen molar-refractivity contribution in [1.29, 1.82) is 0 Å². The van der Waals surface area contributed by atoms with Crippen molar-refractivity contribution < 1.29 is 9.18 Å². The summed E-state index contributed by atoms with van der Waals surface area (Å²) in [6.45, 7) is 2.05. The lowest BCUT2D eigenvalue weighted by Crippen LogP contribution is -2.39. The third kappa shape index (κ3) is 5.74. The van der Waals surface area contributed by atoms with Gasteiger partial charge in [0.1, 0.15) is 6.67 Å². The van der Waals surface area contributed by atoms with Crippen molar-refractivity contribution in [3.63, 3.8) is 0 Å². The van der Waals surface area contributed by atoms with Gasteiger partial charge in [-0.1, -0.05) is 60.2 Å². The molecule has 3 nitrogen and oxygen atoms in total. The zero-order chi connectivity index (χ0) is 16.5. The molecule has 0 spiro atoms. The standard InChI is InChI=1S/C19H23FN2O/c1-15-7-9-17(10-8-15)18(13-16-5-3-2-4-6-16)14-22-19(23)21-12-11-20/h2-10,18H,11-14H2,1H3,(H2,21,22,23). The molecule has 2 amide bonds. The molecular weight excluding hydrogens is 291 g/mol. The maximum absolute atomic E-state index is 12.1. The van der Waals surface area contributed by atoms with Crippen LogP contribution < -0.4 is 10.6 Å². The Labute approximate surface area is 136 Å². The predicted molar refractivity (Wildman–Crippen MR) is 91.4 cm³/mol. The second-order valence-electron chi connectivity index (χ2n) is 5.62. The minimum atomic E-state index is -0.557. The molecule has 2 aromatic carbocycles. The van der Waals surface area contributed by atoms with Gasteiger partial charge in [-0.15, -0.1) is 0 Å². The molecule has 0 aliphatic heterocycles. The van der Waals surface area contributed by atoms with E-state index in [1.54, 1.807) is 0 Å². The van der Waals surface area contributed by atoms with E-state index in [0.29, 0.717) is 6.54 Å². The van der Waals surface area contributed by atoms with Gasteiger partial charge in [-0.05, 0) is 24.5 Å². The summed E-state index contributed by atoms with van der Waals surface area (Å²) in [5.41, 5.74) is 3.62. The van der Waals surface area contributed by atoms with Gasteiger partial charge in [-0.3, -0.25) is 0 Å². The van der Waals surface area contributed by atoms with E-state index in [9.17, 15) is 9.18 Å². The van der Waals surface area contributed by atoms with E-state index in [0.717, 1.165) is 6.42 Å². The van der Waals surface area contributed by atoms with E-state index >= 15 is 0 Å². The lowest BCUT2D eigenvalue weighted by Gasteiger charge is -2.19. The summed E-state index contributed by atoms with van der Waals surface area (Å²) in [5, 5.41) is 5.32. The number of halogens is 1. The van der Waals surface area contributed by atoms with Crippen molar-refractivity contribution in [2.24, 2.45) is 0 Å². The molecule has 1 unspecified atom stereocenters. The molecule has 23 heavy (non-hydrogen) atoms. The van der Waals surface area contributed by atoms with Crippen LogP contribution >= 0.6 is 0 Å². The Hall–Kier alpha value is -2.36. The Balaban J connectivity index is 2.05. The SMILES string of the molecule is Cc1ccc(C(CNC(=O)NCCF)Cc2ccccc2)cc1. The van der Waals surface area contributed by atoms with Crippen LogP contribution in [0, 0.1) is 6.92 Å². The number of carbonyl (C=O) groups is 1. The molecule has 2 aromatic rings. The first-order valence-electron chi connectivity index (χ1n) is 7.87. The molecule has 0 radical (unpaired) electrons. The van der Waals surface area contributed by atoms with Crippen molar-refractivity contribution in [3.05, 3.63) is 71.3 Å². The second kappa shape index (κ2) is 8.93. The number of nitrogens with one attached hydrogen (secondary N) is 2. The minimum absolute atomic E-state index is 0.0414. The van der Waals surface area contributed by atoms with Gasteiger partial charge in [-0.2, -0.15) is 0 Å². The van der Waals surface area contributed by atoms with Crippen molar-refractivity contribution >= 4 is 6.03 Å². The number of carbonyl (C=O) groups excluding carboxylic acids is 1. The van der Waals surface area contributed by atoms with Crippen LogP contribution in [0.25, 0.3) is 0 Å². The van der Waals surface area contributed by atoms with Crippen LogP contribution in [0.3, 0.4) is 0 Å². The molecule has 0 saturated heterocycles. The first-order valence-corrected chi connectivity index (χ1v) is 7.87. The molecule has 1 atom stereocenters. The normalized spacial score (nSPS) is 11.7. The van der Waals surface area contributed by atoms with E-state index in [2.05, 4.69) is 54.0 Å². The number of rotatable bonds is 7. The maximum atomic E-state index is 12.1. The van der Waals surface area contributed by atoms with Crippen molar-refractivity contribution in [3.8, 4) is 0 Å². The smallest absolute Gasteiger partial charge is 0.314 e. The van der Waals surface area contributed by atoms with Gasteiger partial charge in [0.05, 0.1) is 0 Å². The van der Waals surface area contributed by atoms with Crippen molar-refractivity contribution in [1.82, 2.24) is 10.6 Å². The molecule has 122 valence electrons. The highest BCUT2D eigenvalue weighted by Crippen LogP contribution is 2.21. The lowest BCUT2D eigenvalue weighted by molar-refractivity contribution is 0.239. The molecule has 0 fully saturated rings. The number of alkyl halides is 1. The van der Waals surface area contributed by atoms with Crippen LogP contribution in [0.5, 0.6) is 0 Å². The molecule has 0 saturated carbocycles. The monoisotopic (exact) mass is 314 g/mol. The van der Waals surface area contributed by atoms with Gasteiger partial charge in [0.15, 0.2) is 0 Å². The van der Waals surface area contributed by atoms with Crippen molar-refractivity contribution in [2.45, 2.75) is 19.3 Å². The quantitative estimate of drug-likeness (QED) is 0.805. The summed E-state index contributed by atoms with van der Waals surface area (Å²) < 4.78 is 12.1. The average molecular weight is 314 g/mol. The van der Waals surface area contributed by atoms with Crippen LogP contribution in [0.4, 0.5) is 9.18 Å². The Kier molecular flexibility index (Phi) is 6.60. The first-order chi connectivity index (χ1) is 11.2. The third-order valence-electron chi connectivity index (χ3n) is 3.76. The number of hydrogen-bond donors (Lipinski definition) is 2. The van der Waals surface area contributed by atoms with E-state index in [4.69, 9.17) is 0 Å². The minimum Gasteiger partial charge on any atom is -0.338 e. The highest BCUT2D eigenvalue weighted by Gasteiger charge is 2.14. The number of benzene rings is 2. The van der Waals surface area contributed by atoms with Crippen molar-refractivity contribution in [2.75, 3.05) is 19.8 Å². The summed E-state index contributed by atoms with van der Waals surface area (Å²) in [6.07, 6.45) is 0.841. The van der Waals surface area contributed by atoms with Crippen LogP contribution in [-0.4, -0.2) is 25.8 Å². The lowest BCUT2D eigenvalue weighted by atomic mass is 9.91. The Bertz CT molecular complexity index is 599. The topological polar surface area (TPSA) is 41.1 Å². The van der Waals surface area contributed by atoms with E-state index in [1.807, 2.05) is 18.2 Å². The second-order valence-corrected chi connectivity index (χ2v) is 5.62. The van der Waals surface area contributed by atoms with Gasteiger partial charge in [0, 0.05) is 19.0 Å². The molecule has 0 aliphatic rings. The van der Waals surface area contributed by atoms with Crippen LogP contribution in [0.1, 0.15) is 22.6 Å². The van der Waals surface area contributed by atoms with Gasteiger partial charge in [0.2, 0.25) is 0 Å².